The summed E-state index contributed by atoms with van der Waals surface area (Å²) >= 11 is 0. The first-order valence-corrected chi connectivity index (χ1v) is 7.91. The second-order valence-electron chi connectivity index (χ2n) is 5.46. The Kier molecular flexibility index (Phi) is 4.06. The van der Waals surface area contributed by atoms with E-state index in [9.17, 15) is 0 Å². The molecule has 0 saturated heterocycles. The monoisotopic (exact) mass is 348 g/mol. The predicted octanol–water partition coefficient (Wildman–Crippen LogP) is 2.97. The molecule has 4 rings (SSSR count). The zero-order chi connectivity index (χ0) is 17.9. The van der Waals surface area contributed by atoms with Crippen molar-refractivity contribution in [2.24, 2.45) is 0 Å². The van der Waals surface area contributed by atoms with Crippen molar-refractivity contribution in [3.8, 4) is 17.2 Å². The van der Waals surface area contributed by atoms with Crippen molar-refractivity contribution in [2.75, 3.05) is 19.5 Å². The van der Waals surface area contributed by atoms with Gasteiger partial charge < -0.3 is 14.8 Å². The van der Waals surface area contributed by atoms with Crippen molar-refractivity contribution in [1.82, 2.24) is 25.2 Å². The number of para-hydroxylation sites is 1. The zero-order valence-corrected chi connectivity index (χ0v) is 14.2. The van der Waals surface area contributed by atoms with Crippen LogP contribution in [0.25, 0.3) is 16.7 Å². The van der Waals surface area contributed by atoms with E-state index >= 15 is 0 Å². The summed E-state index contributed by atoms with van der Waals surface area (Å²) in [6.07, 6.45) is 1.71. The van der Waals surface area contributed by atoms with Crippen LogP contribution in [-0.4, -0.2) is 39.4 Å². The maximum Gasteiger partial charge on any atom is 0.190 e. The third-order valence-corrected chi connectivity index (χ3v) is 3.95. The second kappa shape index (κ2) is 6.67. The van der Waals surface area contributed by atoms with Crippen LogP contribution in [0.3, 0.4) is 0 Å². The Hall–Kier alpha value is -3.68. The molecule has 8 nitrogen and oxygen atoms in total. The van der Waals surface area contributed by atoms with Crippen molar-refractivity contribution in [2.45, 2.75) is 0 Å². The molecule has 4 aromatic rings. The molecule has 0 aliphatic heterocycles. The fraction of sp³-hybridized carbons (Fsp3) is 0.111. The Labute approximate surface area is 149 Å². The van der Waals surface area contributed by atoms with E-state index in [1.54, 1.807) is 31.2 Å². The number of benzene rings is 2. The van der Waals surface area contributed by atoms with Gasteiger partial charge in [-0.25, -0.2) is 4.68 Å². The van der Waals surface area contributed by atoms with Crippen LogP contribution in [0.15, 0.2) is 54.7 Å². The van der Waals surface area contributed by atoms with E-state index in [1.807, 2.05) is 42.5 Å². The SMILES string of the molecule is COc1ccc(Nc2nnnc3c2cnn3-c2ccccc2)c(OC)c1. The molecule has 8 heteroatoms. The third-order valence-electron chi connectivity index (χ3n) is 3.95. The van der Waals surface area contributed by atoms with Crippen molar-refractivity contribution in [3.05, 3.63) is 54.7 Å². The van der Waals surface area contributed by atoms with Crippen LogP contribution in [0, 0.1) is 0 Å². The number of hydrogen-bond acceptors (Lipinski definition) is 7. The summed E-state index contributed by atoms with van der Waals surface area (Å²) < 4.78 is 12.4. The summed E-state index contributed by atoms with van der Waals surface area (Å²) in [5, 5.41) is 20.5. The topological polar surface area (TPSA) is 87.0 Å². The molecule has 0 spiro atoms. The molecule has 2 heterocycles. The Morgan fingerprint density at radius 1 is 0.962 bits per heavy atom. The van der Waals surface area contributed by atoms with Crippen LogP contribution in [-0.2, 0) is 0 Å². The molecule has 0 aliphatic carbocycles. The van der Waals surface area contributed by atoms with Crippen LogP contribution in [0.4, 0.5) is 11.5 Å². The van der Waals surface area contributed by atoms with Gasteiger partial charge in [0, 0.05) is 6.07 Å². The van der Waals surface area contributed by atoms with Gasteiger partial charge in [-0.1, -0.05) is 18.2 Å². The van der Waals surface area contributed by atoms with Crippen LogP contribution in [0.2, 0.25) is 0 Å². The van der Waals surface area contributed by atoms with Crippen molar-refractivity contribution in [1.29, 1.82) is 0 Å². The summed E-state index contributed by atoms with van der Waals surface area (Å²) in [4.78, 5) is 0. The van der Waals surface area contributed by atoms with Crippen molar-refractivity contribution < 1.29 is 9.47 Å². The van der Waals surface area contributed by atoms with Gasteiger partial charge in [0.2, 0.25) is 0 Å². The van der Waals surface area contributed by atoms with Gasteiger partial charge in [0.15, 0.2) is 11.5 Å². The highest BCUT2D eigenvalue weighted by Gasteiger charge is 2.14. The summed E-state index contributed by atoms with van der Waals surface area (Å²) in [6.45, 7) is 0. The molecule has 0 fully saturated rings. The van der Waals surface area contributed by atoms with Crippen LogP contribution in [0.5, 0.6) is 11.5 Å². The van der Waals surface area contributed by atoms with Gasteiger partial charge in [-0.3, -0.25) is 0 Å². The first kappa shape index (κ1) is 15.8. The smallest absolute Gasteiger partial charge is 0.190 e. The van der Waals surface area contributed by atoms with Gasteiger partial charge >= 0.3 is 0 Å². The first-order valence-electron chi connectivity index (χ1n) is 7.91. The van der Waals surface area contributed by atoms with E-state index in [0.29, 0.717) is 23.0 Å². The lowest BCUT2D eigenvalue weighted by molar-refractivity contribution is 0.395. The van der Waals surface area contributed by atoms with Gasteiger partial charge in [0.25, 0.3) is 0 Å². The molecule has 130 valence electrons. The normalized spacial score (nSPS) is 10.7. The maximum atomic E-state index is 5.42. The predicted molar refractivity (Wildman–Crippen MR) is 97.3 cm³/mol. The van der Waals surface area contributed by atoms with Crippen molar-refractivity contribution in [3.63, 3.8) is 0 Å². The van der Waals surface area contributed by atoms with Gasteiger partial charge in [0.1, 0.15) is 11.5 Å². The minimum Gasteiger partial charge on any atom is -0.497 e. The van der Waals surface area contributed by atoms with Gasteiger partial charge in [-0.05, 0) is 29.5 Å². The molecular weight excluding hydrogens is 332 g/mol. The largest absolute Gasteiger partial charge is 0.497 e. The van der Waals surface area contributed by atoms with E-state index in [4.69, 9.17) is 9.47 Å². The van der Waals surface area contributed by atoms with Gasteiger partial charge in [0.05, 0.1) is 37.2 Å². The standard InChI is InChI=1S/C18H16N6O2/c1-25-13-8-9-15(16(10-13)26-2)20-17-14-11-19-24(18(14)22-23-21-17)12-6-4-3-5-7-12/h3-11H,1-2H3,(H,20,21,22). The molecule has 0 saturated carbocycles. The highest BCUT2D eigenvalue weighted by molar-refractivity contribution is 5.89. The van der Waals surface area contributed by atoms with E-state index in [2.05, 4.69) is 25.8 Å². The average Bonchev–Trinajstić information content (AvgIpc) is 3.14. The van der Waals surface area contributed by atoms with Crippen LogP contribution >= 0.6 is 0 Å². The molecule has 0 aliphatic rings. The maximum absolute atomic E-state index is 5.42. The number of ether oxygens (including phenoxy) is 2. The highest BCUT2D eigenvalue weighted by Crippen LogP contribution is 2.32. The summed E-state index contributed by atoms with van der Waals surface area (Å²) in [6, 6.07) is 15.2. The Morgan fingerprint density at radius 3 is 2.58 bits per heavy atom. The van der Waals surface area contributed by atoms with E-state index < -0.39 is 0 Å². The molecule has 26 heavy (non-hydrogen) atoms. The Morgan fingerprint density at radius 2 is 1.81 bits per heavy atom. The molecule has 2 aromatic heterocycles. The quantitative estimate of drug-likeness (QED) is 0.593. The number of nitrogens with zero attached hydrogens (tertiary/aromatic N) is 5. The van der Waals surface area contributed by atoms with Crippen LogP contribution < -0.4 is 14.8 Å². The van der Waals surface area contributed by atoms with E-state index in [0.717, 1.165) is 16.8 Å². The van der Waals surface area contributed by atoms with Crippen LogP contribution in [0.1, 0.15) is 0 Å². The minimum absolute atomic E-state index is 0.542. The summed E-state index contributed by atoms with van der Waals surface area (Å²) in [7, 11) is 3.21. The van der Waals surface area contributed by atoms with Crippen molar-refractivity contribution >= 4 is 22.5 Å². The Balaban J connectivity index is 1.76. The number of aromatic nitrogens is 5. The summed E-state index contributed by atoms with van der Waals surface area (Å²) in [5.41, 5.74) is 2.25. The second-order valence-corrected chi connectivity index (χ2v) is 5.46. The lowest BCUT2D eigenvalue weighted by atomic mass is 10.2. The lowest BCUT2D eigenvalue weighted by Gasteiger charge is -2.11. The number of anilines is 2. The molecule has 0 radical (unpaired) electrons. The van der Waals surface area contributed by atoms with Gasteiger partial charge in [-0.15, -0.1) is 10.2 Å². The number of fused-ring (bicyclic) bond motifs is 1. The number of rotatable bonds is 5. The molecule has 0 amide bonds. The zero-order valence-electron chi connectivity index (χ0n) is 14.2. The summed E-state index contributed by atoms with van der Waals surface area (Å²) in [5.74, 6) is 1.88. The average molecular weight is 348 g/mol. The van der Waals surface area contributed by atoms with Gasteiger partial charge in [-0.2, -0.15) is 5.10 Å². The van der Waals surface area contributed by atoms with E-state index in [-0.39, 0.29) is 0 Å². The minimum atomic E-state index is 0.542. The molecule has 2 aromatic carbocycles. The molecule has 1 N–H and O–H groups in total. The lowest BCUT2D eigenvalue weighted by Crippen LogP contribution is -2.02. The third kappa shape index (κ3) is 2.77. The Bertz CT molecular complexity index is 1050. The molecular formula is C18H16N6O2. The highest BCUT2D eigenvalue weighted by atomic mass is 16.5. The number of hydrogen-bond donors (Lipinski definition) is 1. The fourth-order valence-electron chi connectivity index (χ4n) is 2.65. The number of methoxy groups -OCH3 is 2. The first-order chi connectivity index (χ1) is 12.8. The fourth-order valence-corrected chi connectivity index (χ4v) is 2.65. The molecule has 0 atom stereocenters. The molecule has 0 bridgehead atoms. The number of nitrogens with one attached hydrogen (secondary N) is 1. The van der Waals surface area contributed by atoms with E-state index in [1.165, 1.54) is 0 Å². The molecule has 0 unspecified atom stereocenters.